The Kier molecular flexibility index (Phi) is 8.92. The van der Waals surface area contributed by atoms with Gasteiger partial charge in [0, 0.05) is 11.1 Å². The van der Waals surface area contributed by atoms with Gasteiger partial charge < -0.3 is 0 Å². The summed E-state index contributed by atoms with van der Waals surface area (Å²) in [5.74, 6) is 0. The first kappa shape index (κ1) is 34.1. The lowest BCUT2D eigenvalue weighted by Crippen LogP contribution is -2.21. The van der Waals surface area contributed by atoms with Crippen LogP contribution < -0.4 is 5.30 Å². The van der Waals surface area contributed by atoms with Crippen LogP contribution in [0.4, 0.5) is 0 Å². The van der Waals surface area contributed by atoms with Crippen molar-refractivity contribution in [2.75, 3.05) is 0 Å². The van der Waals surface area contributed by atoms with Crippen molar-refractivity contribution in [1.29, 1.82) is 0 Å². The molecule has 0 spiro atoms. The third kappa shape index (κ3) is 7.03. The number of benzene rings is 4. The lowest BCUT2D eigenvalue weighted by Gasteiger charge is -2.31. The largest absolute Gasteiger partial charge is 0.441 e. The van der Waals surface area contributed by atoms with Crippen molar-refractivity contribution >= 4 is 13.2 Å². The fourth-order valence-corrected chi connectivity index (χ4v) is 6.76. The summed E-state index contributed by atoms with van der Waals surface area (Å²) >= 11 is 0. The predicted octanol–water partition coefficient (Wildman–Crippen LogP) is 10.2. The highest BCUT2D eigenvalue weighted by molar-refractivity contribution is 7.67. The van der Waals surface area contributed by atoms with Crippen LogP contribution in [-0.4, -0.2) is 14.7 Å². The molecule has 0 aliphatic rings. The molecule has 0 amide bonds. The van der Waals surface area contributed by atoms with Crippen molar-refractivity contribution in [3.63, 3.8) is 0 Å². The lowest BCUT2D eigenvalue weighted by molar-refractivity contribution is 0.347. The van der Waals surface area contributed by atoms with Crippen LogP contribution in [0.2, 0.25) is 0 Å². The van der Waals surface area contributed by atoms with Crippen LogP contribution in [0, 0.1) is 0 Å². The third-order valence-electron chi connectivity index (χ3n) is 8.52. The Hall–Kier alpha value is -2.81. The predicted molar refractivity (Wildman–Crippen MR) is 191 cm³/mol. The van der Waals surface area contributed by atoms with E-state index in [9.17, 15) is 14.7 Å². The summed E-state index contributed by atoms with van der Waals surface area (Å²) in [7, 11) is -4.44. The van der Waals surface area contributed by atoms with Crippen LogP contribution in [0.5, 0.6) is 0 Å². The molecule has 234 valence electrons. The van der Waals surface area contributed by atoms with Crippen LogP contribution >= 0.6 is 7.94 Å². The normalized spacial score (nSPS) is 13.3. The van der Waals surface area contributed by atoms with Gasteiger partial charge in [-0.05, 0) is 78.3 Å². The van der Waals surface area contributed by atoms with Gasteiger partial charge in [-0.3, -0.25) is 0 Å². The van der Waals surface area contributed by atoms with E-state index in [1.807, 2.05) is 24.3 Å². The molecule has 0 aliphatic carbocycles. The maximum Gasteiger partial charge on any atom is 0.441 e. The highest BCUT2D eigenvalue weighted by Crippen LogP contribution is 2.53. The lowest BCUT2D eigenvalue weighted by atomic mass is 9.73. The van der Waals surface area contributed by atoms with Crippen molar-refractivity contribution < 1.29 is 14.7 Å². The van der Waals surface area contributed by atoms with E-state index in [0.717, 1.165) is 33.4 Å². The van der Waals surface area contributed by atoms with Crippen LogP contribution in [0.25, 0.3) is 33.4 Å². The molecule has 0 bridgehead atoms. The zero-order chi connectivity index (χ0) is 33.0. The molecule has 3 N–H and O–H groups in total. The van der Waals surface area contributed by atoms with E-state index in [-0.39, 0.29) is 27.0 Å². The average Bonchev–Trinajstić information content (AvgIpc) is 2.89. The summed E-state index contributed by atoms with van der Waals surface area (Å²) in [4.78, 5) is 33.1. The Morgan fingerprint density at radius 1 is 0.432 bits per heavy atom. The van der Waals surface area contributed by atoms with Crippen LogP contribution in [0.1, 0.15) is 105 Å². The van der Waals surface area contributed by atoms with E-state index in [0.29, 0.717) is 5.56 Å². The molecule has 4 heteroatoms. The minimum absolute atomic E-state index is 0.0460. The first-order valence-corrected chi connectivity index (χ1v) is 17.3. The summed E-state index contributed by atoms with van der Waals surface area (Å²) in [6.07, 6.45) is 0. The third-order valence-corrected chi connectivity index (χ3v) is 9.54. The van der Waals surface area contributed by atoms with Gasteiger partial charge in [-0.2, -0.15) is 14.7 Å². The van der Waals surface area contributed by atoms with Gasteiger partial charge in [0.1, 0.15) is 0 Å². The molecule has 0 heterocycles. The van der Waals surface area contributed by atoms with E-state index < -0.39 is 7.94 Å². The van der Waals surface area contributed by atoms with Crippen molar-refractivity contribution in [1.82, 2.24) is 0 Å². The average molecular weight is 612 g/mol. The molecule has 4 aromatic carbocycles. The fourth-order valence-electron chi connectivity index (χ4n) is 5.95. The van der Waals surface area contributed by atoms with Crippen LogP contribution in [0.3, 0.4) is 0 Å². The minimum atomic E-state index is -4.44. The number of rotatable bonds is 4. The van der Waals surface area contributed by atoms with E-state index in [1.54, 1.807) is 6.07 Å². The minimum Gasteiger partial charge on any atom is -0.189 e. The second-order valence-corrected chi connectivity index (χ2v) is 18.0. The maximum absolute atomic E-state index is 11.0. The van der Waals surface area contributed by atoms with Crippen molar-refractivity contribution in [3.8, 4) is 33.4 Å². The quantitative estimate of drug-likeness (QED) is 0.201. The Labute approximate surface area is 266 Å². The Balaban J connectivity index is 2.31. The standard InChI is InChI=1S/C40H52O3P/c1-37(2,3)27-18-20-30(32(24-27)39(7,8)9)35-29(26-16-14-13-15-17-26)22-23-34(44(41,42)43)36(35)31-21-19-28(38(4,5)6)25-33(31)40(10,11)12/h13-25,41-43H,1-12H3/q+1. The van der Waals surface area contributed by atoms with E-state index in [4.69, 9.17) is 0 Å². The highest BCUT2D eigenvalue weighted by atomic mass is 31.2. The van der Waals surface area contributed by atoms with Gasteiger partial charge in [0.25, 0.3) is 0 Å². The van der Waals surface area contributed by atoms with Gasteiger partial charge in [-0.1, -0.05) is 150 Å². The molecule has 0 radical (unpaired) electrons. The van der Waals surface area contributed by atoms with E-state index in [1.165, 1.54) is 16.7 Å². The first-order valence-electron chi connectivity index (χ1n) is 15.6. The molecule has 4 aromatic rings. The second kappa shape index (κ2) is 11.5. The first-order chi connectivity index (χ1) is 20.0. The van der Waals surface area contributed by atoms with Crippen molar-refractivity contribution in [2.24, 2.45) is 0 Å². The zero-order valence-corrected chi connectivity index (χ0v) is 29.7. The molecule has 0 aromatic heterocycles. The van der Waals surface area contributed by atoms with Crippen LogP contribution in [0.15, 0.2) is 78.9 Å². The van der Waals surface area contributed by atoms with Crippen LogP contribution in [-0.2, 0) is 21.7 Å². The molecule has 0 saturated carbocycles. The van der Waals surface area contributed by atoms with Gasteiger partial charge in [0.05, 0.1) is 0 Å². The number of hydrogen-bond acceptors (Lipinski definition) is 3. The molecule has 44 heavy (non-hydrogen) atoms. The van der Waals surface area contributed by atoms with Gasteiger partial charge in [0.15, 0.2) is 5.30 Å². The molecule has 3 nitrogen and oxygen atoms in total. The summed E-state index contributed by atoms with van der Waals surface area (Å²) in [5.41, 5.74) is 9.60. The topological polar surface area (TPSA) is 60.7 Å². The monoisotopic (exact) mass is 611 g/mol. The highest BCUT2D eigenvalue weighted by Gasteiger charge is 2.41. The van der Waals surface area contributed by atoms with Crippen molar-refractivity contribution in [3.05, 3.63) is 101 Å². The summed E-state index contributed by atoms with van der Waals surface area (Å²) in [5, 5.41) is 0.168. The molecule has 0 saturated heterocycles. The Bertz CT molecular complexity index is 1650. The summed E-state index contributed by atoms with van der Waals surface area (Å²) in [6.45, 7) is 26.6. The summed E-state index contributed by atoms with van der Waals surface area (Å²) < 4.78 is 0. The smallest absolute Gasteiger partial charge is 0.189 e. The van der Waals surface area contributed by atoms with Gasteiger partial charge in [-0.25, -0.2) is 0 Å². The number of hydrogen-bond donors (Lipinski definition) is 3. The van der Waals surface area contributed by atoms with Gasteiger partial charge in [0.2, 0.25) is 0 Å². The molecular formula is C40H52O3P+. The molecule has 4 rings (SSSR count). The van der Waals surface area contributed by atoms with Gasteiger partial charge in [-0.15, -0.1) is 0 Å². The maximum atomic E-state index is 11.0. The summed E-state index contributed by atoms with van der Waals surface area (Å²) in [6, 6.07) is 27.1. The molecular weight excluding hydrogens is 559 g/mol. The Morgan fingerprint density at radius 2 is 0.841 bits per heavy atom. The molecule has 0 unspecified atom stereocenters. The fraction of sp³-hybridized carbons (Fsp3) is 0.400. The second-order valence-electron chi connectivity index (χ2n) is 16.3. The van der Waals surface area contributed by atoms with E-state index >= 15 is 0 Å². The molecule has 0 fully saturated rings. The van der Waals surface area contributed by atoms with E-state index in [2.05, 4.69) is 132 Å². The van der Waals surface area contributed by atoms with Crippen molar-refractivity contribution in [2.45, 2.75) is 105 Å². The zero-order valence-electron chi connectivity index (χ0n) is 28.8. The molecule has 0 aliphatic heterocycles. The SMILES string of the molecule is CC(C)(C)c1ccc(-c2c(-c3ccccc3)ccc([P+](O)(O)O)c2-c2ccc(C(C)(C)C)cc2C(C)(C)C)c(C(C)(C)C)c1. The van der Waals surface area contributed by atoms with Gasteiger partial charge >= 0.3 is 7.94 Å². The Morgan fingerprint density at radius 3 is 1.23 bits per heavy atom. The molecule has 0 atom stereocenters.